The molecular weight excluding hydrogens is 138 g/mol. The van der Waals surface area contributed by atoms with Gasteiger partial charge < -0.3 is 4.74 Å². The summed E-state index contributed by atoms with van der Waals surface area (Å²) in [6.07, 6.45) is 0. The van der Waals surface area contributed by atoms with Crippen molar-refractivity contribution in [2.75, 3.05) is 6.61 Å². The Morgan fingerprint density at radius 3 is 2.00 bits per heavy atom. The van der Waals surface area contributed by atoms with Gasteiger partial charge in [0.25, 0.3) is 0 Å². The zero-order valence-corrected chi connectivity index (χ0v) is 5.49. The maximum Gasteiger partial charge on any atom is 0.157 e. The zero-order chi connectivity index (χ0) is 8.15. The van der Waals surface area contributed by atoms with Gasteiger partial charge in [-0.25, -0.2) is 8.78 Å². The fraction of sp³-hybridized carbons (Fsp3) is 0.143. The maximum atomic E-state index is 12.0. The van der Waals surface area contributed by atoms with Crippen molar-refractivity contribution in [2.24, 2.45) is 0 Å². The standard InChI is InChI=1S/C7H8F2O/c1-5(8)4-10-7(3)6(2)9/h1-4H2. The molecule has 1 nitrogen and oxygen atoms in total. The highest BCUT2D eigenvalue weighted by Crippen LogP contribution is 2.08. The van der Waals surface area contributed by atoms with E-state index in [-0.39, 0.29) is 12.4 Å². The first-order chi connectivity index (χ1) is 4.54. The topological polar surface area (TPSA) is 9.23 Å². The number of hydrogen-bond acceptors (Lipinski definition) is 1. The Labute approximate surface area is 58.3 Å². The van der Waals surface area contributed by atoms with Gasteiger partial charge in [-0.15, -0.1) is 0 Å². The van der Waals surface area contributed by atoms with E-state index in [1.54, 1.807) is 0 Å². The highest BCUT2D eigenvalue weighted by molar-refractivity contribution is 5.11. The molecule has 0 fully saturated rings. The van der Waals surface area contributed by atoms with Crippen LogP contribution in [0.2, 0.25) is 0 Å². The Morgan fingerprint density at radius 1 is 1.20 bits per heavy atom. The molecule has 0 atom stereocenters. The summed E-state index contributed by atoms with van der Waals surface area (Å²) in [7, 11) is 0. The van der Waals surface area contributed by atoms with E-state index >= 15 is 0 Å². The van der Waals surface area contributed by atoms with Crippen LogP contribution in [0.4, 0.5) is 8.78 Å². The van der Waals surface area contributed by atoms with Gasteiger partial charge in [0.15, 0.2) is 5.83 Å². The molecule has 0 heterocycles. The lowest BCUT2D eigenvalue weighted by Gasteiger charge is -2.02. The van der Waals surface area contributed by atoms with Gasteiger partial charge in [-0.3, -0.25) is 0 Å². The SMILES string of the molecule is C=C(F)COC(=C)C(=C)F. The van der Waals surface area contributed by atoms with Crippen LogP contribution in [0.15, 0.2) is 37.1 Å². The normalized spacial score (nSPS) is 8.60. The monoisotopic (exact) mass is 146 g/mol. The molecule has 56 valence electrons. The van der Waals surface area contributed by atoms with Gasteiger partial charge in [0.2, 0.25) is 0 Å². The minimum Gasteiger partial charge on any atom is -0.484 e. The third-order valence-corrected chi connectivity index (χ3v) is 0.706. The fourth-order valence-electron chi connectivity index (χ4n) is 0.244. The van der Waals surface area contributed by atoms with Crippen molar-refractivity contribution in [3.8, 4) is 0 Å². The van der Waals surface area contributed by atoms with Gasteiger partial charge in [0, 0.05) is 0 Å². The molecule has 0 aromatic carbocycles. The average Bonchev–Trinajstić information content (AvgIpc) is 1.82. The molecule has 0 unspecified atom stereocenters. The van der Waals surface area contributed by atoms with Crippen molar-refractivity contribution in [3.05, 3.63) is 37.1 Å². The van der Waals surface area contributed by atoms with Gasteiger partial charge in [-0.2, -0.15) is 0 Å². The number of rotatable bonds is 4. The van der Waals surface area contributed by atoms with Crippen LogP contribution < -0.4 is 0 Å². The molecule has 0 aliphatic rings. The summed E-state index contributed by atoms with van der Waals surface area (Å²) in [5, 5.41) is 0. The van der Waals surface area contributed by atoms with Gasteiger partial charge in [-0.1, -0.05) is 19.7 Å². The molecule has 0 radical (unpaired) electrons. The Hall–Kier alpha value is -1.12. The Bertz CT molecular complexity index is 172. The lowest BCUT2D eigenvalue weighted by molar-refractivity contribution is 0.218. The summed E-state index contributed by atoms with van der Waals surface area (Å²) >= 11 is 0. The fourth-order valence-corrected chi connectivity index (χ4v) is 0.244. The van der Waals surface area contributed by atoms with Crippen LogP contribution in [0.3, 0.4) is 0 Å². The van der Waals surface area contributed by atoms with Crippen LogP contribution in [-0.4, -0.2) is 6.61 Å². The second-order valence-electron chi connectivity index (χ2n) is 1.63. The number of hydrogen-bond donors (Lipinski definition) is 0. The lowest BCUT2D eigenvalue weighted by atomic mass is 10.5. The molecule has 0 saturated heterocycles. The first-order valence-electron chi connectivity index (χ1n) is 2.53. The number of ether oxygens (including phenoxy) is 1. The van der Waals surface area contributed by atoms with Crippen LogP contribution in [0.25, 0.3) is 0 Å². The van der Waals surface area contributed by atoms with E-state index in [2.05, 4.69) is 24.5 Å². The summed E-state index contributed by atoms with van der Waals surface area (Å²) in [6.45, 7) is 8.54. The molecule has 0 saturated carbocycles. The highest BCUT2D eigenvalue weighted by atomic mass is 19.1. The molecule has 10 heavy (non-hydrogen) atoms. The summed E-state index contributed by atoms with van der Waals surface area (Å²) in [4.78, 5) is 0. The summed E-state index contributed by atoms with van der Waals surface area (Å²) < 4.78 is 28.2. The molecular formula is C7H8F2O. The molecule has 0 amide bonds. The smallest absolute Gasteiger partial charge is 0.157 e. The Balaban J connectivity index is 3.60. The van der Waals surface area contributed by atoms with Gasteiger partial charge in [0.1, 0.15) is 18.2 Å². The predicted molar refractivity (Wildman–Crippen MR) is 35.6 cm³/mol. The summed E-state index contributed by atoms with van der Waals surface area (Å²) in [5.74, 6) is -1.75. The second kappa shape index (κ2) is 3.82. The highest BCUT2D eigenvalue weighted by Gasteiger charge is 1.99. The van der Waals surface area contributed by atoms with Crippen LogP contribution in [0.1, 0.15) is 0 Å². The Kier molecular flexibility index (Phi) is 3.39. The maximum absolute atomic E-state index is 12.0. The van der Waals surface area contributed by atoms with Crippen molar-refractivity contribution in [1.29, 1.82) is 0 Å². The summed E-state index contributed by atoms with van der Waals surface area (Å²) in [5.41, 5.74) is 0. The zero-order valence-electron chi connectivity index (χ0n) is 5.49. The van der Waals surface area contributed by atoms with Gasteiger partial charge >= 0.3 is 0 Å². The molecule has 0 rings (SSSR count). The van der Waals surface area contributed by atoms with E-state index in [0.717, 1.165) is 0 Å². The van der Waals surface area contributed by atoms with E-state index in [0.29, 0.717) is 0 Å². The first kappa shape index (κ1) is 8.88. The minimum atomic E-state index is -0.804. The van der Waals surface area contributed by atoms with Crippen molar-refractivity contribution in [1.82, 2.24) is 0 Å². The second-order valence-corrected chi connectivity index (χ2v) is 1.63. The van der Waals surface area contributed by atoms with E-state index in [1.165, 1.54) is 0 Å². The third kappa shape index (κ3) is 3.83. The predicted octanol–water partition coefficient (Wildman–Crippen LogP) is 2.48. The number of halogens is 2. The van der Waals surface area contributed by atoms with Crippen LogP contribution in [0, 0.1) is 0 Å². The number of allylic oxidation sites excluding steroid dienone is 1. The third-order valence-electron chi connectivity index (χ3n) is 0.706. The van der Waals surface area contributed by atoms with Crippen LogP contribution in [0.5, 0.6) is 0 Å². The quantitative estimate of drug-likeness (QED) is 0.437. The molecule has 3 heteroatoms. The minimum absolute atomic E-state index is 0.265. The summed E-state index contributed by atoms with van der Waals surface area (Å²) in [6, 6.07) is 0. The van der Waals surface area contributed by atoms with E-state index in [9.17, 15) is 8.78 Å². The van der Waals surface area contributed by atoms with Crippen molar-refractivity contribution < 1.29 is 13.5 Å². The first-order valence-corrected chi connectivity index (χ1v) is 2.53. The largest absolute Gasteiger partial charge is 0.484 e. The van der Waals surface area contributed by atoms with Gasteiger partial charge in [-0.05, 0) is 0 Å². The molecule has 0 aromatic rings. The van der Waals surface area contributed by atoms with Gasteiger partial charge in [0.05, 0.1) is 0 Å². The van der Waals surface area contributed by atoms with Crippen LogP contribution >= 0.6 is 0 Å². The molecule has 0 bridgehead atoms. The van der Waals surface area contributed by atoms with Crippen molar-refractivity contribution in [2.45, 2.75) is 0 Å². The van der Waals surface area contributed by atoms with E-state index in [1.807, 2.05) is 0 Å². The molecule has 0 aliphatic carbocycles. The van der Waals surface area contributed by atoms with E-state index < -0.39 is 11.7 Å². The Morgan fingerprint density at radius 2 is 1.70 bits per heavy atom. The molecule has 0 aromatic heterocycles. The average molecular weight is 146 g/mol. The molecule has 0 aliphatic heterocycles. The van der Waals surface area contributed by atoms with Crippen LogP contribution in [-0.2, 0) is 4.74 Å². The van der Waals surface area contributed by atoms with E-state index in [4.69, 9.17) is 0 Å². The van der Waals surface area contributed by atoms with Crippen molar-refractivity contribution in [3.63, 3.8) is 0 Å². The van der Waals surface area contributed by atoms with Crippen molar-refractivity contribution >= 4 is 0 Å². The molecule has 0 spiro atoms. The molecule has 0 N–H and O–H groups in total. The lowest BCUT2D eigenvalue weighted by Crippen LogP contribution is -1.93.